The van der Waals surface area contributed by atoms with Crippen molar-refractivity contribution in [3.63, 3.8) is 0 Å². The van der Waals surface area contributed by atoms with E-state index in [1.807, 2.05) is 0 Å². The summed E-state index contributed by atoms with van der Waals surface area (Å²) in [5.74, 6) is 0.233. The summed E-state index contributed by atoms with van der Waals surface area (Å²) in [6.45, 7) is 2.14. The average Bonchev–Trinajstić information content (AvgIpc) is 2.44. The van der Waals surface area contributed by atoms with Crippen LogP contribution in [0, 0.1) is 0 Å². The van der Waals surface area contributed by atoms with Gasteiger partial charge in [0.05, 0.1) is 5.54 Å². The van der Waals surface area contributed by atoms with Gasteiger partial charge in [-0.3, -0.25) is 4.79 Å². The lowest BCUT2D eigenvalue weighted by Crippen LogP contribution is -2.42. The molecule has 1 atom stereocenters. The fourth-order valence-corrected chi connectivity index (χ4v) is 2.80. The van der Waals surface area contributed by atoms with Crippen molar-refractivity contribution in [2.75, 3.05) is 13.1 Å². The summed E-state index contributed by atoms with van der Waals surface area (Å²) >= 11 is 2.32. The van der Waals surface area contributed by atoms with Crippen molar-refractivity contribution in [2.24, 2.45) is 0 Å². The third-order valence-corrected chi connectivity index (χ3v) is 3.37. The molecule has 0 aromatic carbocycles. The maximum atomic E-state index is 11.0. The highest BCUT2D eigenvalue weighted by Crippen LogP contribution is 2.31. The lowest BCUT2D eigenvalue weighted by atomic mass is 9.97. The van der Waals surface area contributed by atoms with E-state index in [2.05, 4.69) is 31.3 Å². The van der Waals surface area contributed by atoms with Crippen molar-refractivity contribution in [3.8, 4) is 0 Å². The van der Waals surface area contributed by atoms with E-state index >= 15 is 0 Å². The quantitative estimate of drug-likeness (QED) is 0.517. The zero-order valence-electron chi connectivity index (χ0n) is 6.27. The largest absolute Gasteiger partial charge is 0.349 e. The molecule has 1 N–H and O–H groups in total. The minimum Gasteiger partial charge on any atom is -0.349 e. The van der Waals surface area contributed by atoms with Crippen molar-refractivity contribution in [1.29, 1.82) is 0 Å². The average molecular weight is 266 g/mol. The Balaban J connectivity index is 2.07. The van der Waals surface area contributed by atoms with Crippen molar-refractivity contribution < 1.29 is 4.79 Å². The molecule has 2 rings (SSSR count). The minimum atomic E-state index is 0.151. The predicted molar refractivity (Wildman–Crippen MR) is 50.3 cm³/mol. The molecule has 1 amide bonds. The fraction of sp³-hybridized carbons (Fsp3) is 0.857. The first-order chi connectivity index (χ1) is 5.20. The molecule has 2 aliphatic rings. The Morgan fingerprint density at radius 1 is 1.55 bits per heavy atom. The van der Waals surface area contributed by atoms with Crippen LogP contribution in [0.1, 0.15) is 19.3 Å². The first-order valence-electron chi connectivity index (χ1n) is 3.92. The van der Waals surface area contributed by atoms with Gasteiger partial charge in [-0.2, -0.15) is 0 Å². The lowest BCUT2D eigenvalue weighted by Gasteiger charge is -2.21. The Hall–Kier alpha value is 0.160. The molecular weight excluding hydrogens is 255 g/mol. The van der Waals surface area contributed by atoms with Gasteiger partial charge in [0.25, 0.3) is 0 Å². The summed E-state index contributed by atoms with van der Waals surface area (Å²) in [6, 6.07) is 0. The summed E-state index contributed by atoms with van der Waals surface area (Å²) in [4.78, 5) is 11.0. The van der Waals surface area contributed by atoms with Gasteiger partial charge in [0.1, 0.15) is 0 Å². The summed E-state index contributed by atoms with van der Waals surface area (Å²) in [5, 5.41) is 3.07. The molecule has 2 fully saturated rings. The minimum absolute atomic E-state index is 0.151. The number of nitrogens with zero attached hydrogens (tertiary/aromatic N) is 1. The smallest absolute Gasteiger partial charge is 0.220 e. The number of hydrogen-bond acceptors (Lipinski definition) is 2. The van der Waals surface area contributed by atoms with Crippen molar-refractivity contribution in [1.82, 2.24) is 8.43 Å². The molecule has 0 aliphatic carbocycles. The Labute approximate surface area is 80.0 Å². The van der Waals surface area contributed by atoms with E-state index in [1.165, 1.54) is 0 Å². The summed E-state index contributed by atoms with van der Waals surface area (Å²) in [6.07, 6.45) is 2.89. The zero-order chi connectivity index (χ0) is 7.90. The number of amides is 1. The molecule has 0 bridgehead atoms. The highest BCUT2D eigenvalue weighted by atomic mass is 127. The molecule has 62 valence electrons. The summed E-state index contributed by atoms with van der Waals surface area (Å²) < 4.78 is 2.25. The number of nitrogens with one attached hydrogen (secondary N) is 1. The molecule has 4 heteroatoms. The predicted octanol–water partition coefficient (Wildman–Crippen LogP) is 0.691. The van der Waals surface area contributed by atoms with Gasteiger partial charge in [0.15, 0.2) is 0 Å². The van der Waals surface area contributed by atoms with E-state index < -0.39 is 0 Å². The third kappa shape index (κ3) is 1.38. The van der Waals surface area contributed by atoms with Gasteiger partial charge >= 0.3 is 0 Å². The van der Waals surface area contributed by atoms with Gasteiger partial charge < -0.3 is 5.32 Å². The highest BCUT2D eigenvalue weighted by molar-refractivity contribution is 14.1. The lowest BCUT2D eigenvalue weighted by molar-refractivity contribution is -0.119. The summed E-state index contributed by atoms with van der Waals surface area (Å²) in [7, 11) is 0. The van der Waals surface area contributed by atoms with E-state index in [0.717, 1.165) is 32.4 Å². The number of halogens is 1. The van der Waals surface area contributed by atoms with Crippen LogP contribution in [0.2, 0.25) is 0 Å². The Morgan fingerprint density at radius 2 is 2.36 bits per heavy atom. The van der Waals surface area contributed by atoms with E-state index in [4.69, 9.17) is 0 Å². The van der Waals surface area contributed by atoms with Crippen LogP contribution in [-0.2, 0) is 4.79 Å². The van der Waals surface area contributed by atoms with Crippen LogP contribution in [0.15, 0.2) is 0 Å². The number of rotatable bonds is 0. The molecule has 3 nitrogen and oxygen atoms in total. The molecule has 0 aromatic heterocycles. The van der Waals surface area contributed by atoms with Crippen LogP contribution in [0.3, 0.4) is 0 Å². The molecule has 2 aliphatic heterocycles. The Morgan fingerprint density at radius 3 is 2.82 bits per heavy atom. The second-order valence-corrected chi connectivity index (χ2v) is 4.79. The van der Waals surface area contributed by atoms with Crippen molar-refractivity contribution in [2.45, 2.75) is 24.8 Å². The fourth-order valence-electron chi connectivity index (χ4n) is 1.90. The standard InChI is InChI=1S/C7H11IN2O/c8-10-4-3-7(5-10)2-1-6(11)9-7/h1-5H2,(H,9,11). The van der Waals surface area contributed by atoms with E-state index in [9.17, 15) is 4.79 Å². The number of carbonyl (C=O) groups excluding carboxylic acids is 1. The van der Waals surface area contributed by atoms with Crippen LogP contribution < -0.4 is 5.32 Å². The molecule has 1 unspecified atom stereocenters. The molecule has 0 saturated carbocycles. The number of hydrogen-bond donors (Lipinski definition) is 1. The SMILES string of the molecule is O=C1CCC2(CCN(I)C2)N1. The highest BCUT2D eigenvalue weighted by Gasteiger charge is 2.42. The van der Waals surface area contributed by atoms with Gasteiger partial charge in [0.2, 0.25) is 5.91 Å². The second-order valence-electron chi connectivity index (χ2n) is 3.42. The zero-order valence-corrected chi connectivity index (χ0v) is 8.43. The van der Waals surface area contributed by atoms with E-state index in [0.29, 0.717) is 0 Å². The van der Waals surface area contributed by atoms with Gasteiger partial charge in [-0.15, -0.1) is 0 Å². The van der Waals surface area contributed by atoms with Crippen molar-refractivity contribution in [3.05, 3.63) is 0 Å². The van der Waals surface area contributed by atoms with Gasteiger partial charge in [-0.25, -0.2) is 3.11 Å². The summed E-state index contributed by atoms with van der Waals surface area (Å²) in [5.41, 5.74) is 0.151. The second kappa shape index (κ2) is 2.58. The van der Waals surface area contributed by atoms with Gasteiger partial charge in [-0.1, -0.05) is 0 Å². The maximum Gasteiger partial charge on any atom is 0.220 e. The van der Waals surface area contributed by atoms with Crippen LogP contribution in [0.25, 0.3) is 0 Å². The molecule has 2 heterocycles. The Bertz CT molecular complexity index is 197. The molecule has 11 heavy (non-hydrogen) atoms. The van der Waals surface area contributed by atoms with Crippen LogP contribution in [0.4, 0.5) is 0 Å². The monoisotopic (exact) mass is 266 g/mol. The van der Waals surface area contributed by atoms with Gasteiger partial charge in [-0.05, 0) is 12.8 Å². The van der Waals surface area contributed by atoms with Gasteiger partial charge in [0, 0.05) is 42.4 Å². The van der Waals surface area contributed by atoms with E-state index in [-0.39, 0.29) is 11.4 Å². The van der Waals surface area contributed by atoms with Crippen molar-refractivity contribution >= 4 is 28.8 Å². The Kier molecular flexibility index (Phi) is 1.83. The normalized spacial score (nSPS) is 38.5. The molecule has 1 spiro atoms. The topological polar surface area (TPSA) is 32.3 Å². The van der Waals surface area contributed by atoms with Crippen LogP contribution in [0.5, 0.6) is 0 Å². The third-order valence-electron chi connectivity index (χ3n) is 2.54. The first-order valence-corrected chi connectivity index (χ1v) is 4.88. The van der Waals surface area contributed by atoms with E-state index in [1.54, 1.807) is 0 Å². The molecule has 0 aromatic rings. The first kappa shape index (κ1) is 7.79. The number of carbonyl (C=O) groups is 1. The molecule has 0 radical (unpaired) electrons. The van der Waals surface area contributed by atoms with Crippen LogP contribution in [-0.4, -0.2) is 27.6 Å². The van der Waals surface area contributed by atoms with Crippen LogP contribution >= 0.6 is 22.9 Å². The maximum absolute atomic E-state index is 11.0. The molecular formula is C7H11IN2O. The molecule has 2 saturated heterocycles.